The number of pyridine rings is 1. The van der Waals surface area contributed by atoms with E-state index < -0.39 is 0 Å². The summed E-state index contributed by atoms with van der Waals surface area (Å²) in [6.45, 7) is 0.635. The summed E-state index contributed by atoms with van der Waals surface area (Å²) in [6.07, 6.45) is 1.77. The highest BCUT2D eigenvalue weighted by atomic mass is 15.1. The van der Waals surface area contributed by atoms with Crippen LogP contribution in [0.5, 0.6) is 0 Å². The largest absolute Gasteiger partial charge is 0.399 e. The number of hydrogen-bond acceptors (Lipinski definition) is 4. The van der Waals surface area contributed by atoms with E-state index in [1.807, 2.05) is 36.4 Å². The van der Waals surface area contributed by atoms with Crippen LogP contribution in [0.1, 0.15) is 5.69 Å². The van der Waals surface area contributed by atoms with Gasteiger partial charge in [-0.25, -0.2) is 4.98 Å². The monoisotopic (exact) mass is 239 g/mol. The fraction of sp³-hybridized carbons (Fsp3) is 0.0769. The lowest BCUT2D eigenvalue weighted by atomic mass is 10.3. The van der Waals surface area contributed by atoms with Gasteiger partial charge in [-0.05, 0) is 30.3 Å². The van der Waals surface area contributed by atoms with Crippen LogP contribution in [-0.2, 0) is 6.54 Å². The summed E-state index contributed by atoms with van der Waals surface area (Å²) in [5.74, 6) is 0.723. The second-order valence-corrected chi connectivity index (χ2v) is 4.04. The van der Waals surface area contributed by atoms with Crippen molar-refractivity contribution in [3.05, 3.63) is 48.3 Å². The number of nitrogen functional groups attached to an aromatic ring is 1. The van der Waals surface area contributed by atoms with Gasteiger partial charge in [0.05, 0.1) is 23.3 Å². The van der Waals surface area contributed by atoms with Gasteiger partial charge in [0.25, 0.3) is 0 Å². The maximum Gasteiger partial charge on any atom is 0.201 e. The van der Waals surface area contributed by atoms with E-state index >= 15 is 0 Å². The summed E-state index contributed by atoms with van der Waals surface area (Å²) in [6, 6.07) is 11.4. The zero-order valence-corrected chi connectivity index (χ0v) is 9.72. The fourth-order valence-corrected chi connectivity index (χ4v) is 1.79. The predicted molar refractivity (Wildman–Crippen MR) is 72.1 cm³/mol. The van der Waals surface area contributed by atoms with Crippen LogP contribution in [0.15, 0.2) is 42.6 Å². The van der Waals surface area contributed by atoms with E-state index in [1.165, 1.54) is 0 Å². The zero-order chi connectivity index (χ0) is 12.4. The molecular formula is C13H13N5. The Bertz CT molecular complexity index is 659. The first-order valence-electron chi connectivity index (χ1n) is 5.70. The van der Waals surface area contributed by atoms with E-state index in [1.54, 1.807) is 6.20 Å². The summed E-state index contributed by atoms with van der Waals surface area (Å²) >= 11 is 0. The minimum atomic E-state index is 0.635. The second kappa shape index (κ2) is 4.37. The highest BCUT2D eigenvalue weighted by Crippen LogP contribution is 2.17. The van der Waals surface area contributed by atoms with Crippen LogP contribution in [0.4, 0.5) is 11.6 Å². The van der Waals surface area contributed by atoms with Crippen molar-refractivity contribution in [3.63, 3.8) is 0 Å². The van der Waals surface area contributed by atoms with Crippen molar-refractivity contribution in [3.8, 4) is 0 Å². The number of benzene rings is 1. The average molecular weight is 239 g/mol. The molecule has 2 aromatic heterocycles. The molecule has 0 saturated carbocycles. The molecule has 0 atom stereocenters. The molecular weight excluding hydrogens is 226 g/mol. The summed E-state index contributed by atoms with van der Waals surface area (Å²) in [7, 11) is 0. The van der Waals surface area contributed by atoms with Crippen LogP contribution in [0.3, 0.4) is 0 Å². The molecule has 0 spiro atoms. The van der Waals surface area contributed by atoms with Crippen LogP contribution in [-0.4, -0.2) is 15.0 Å². The lowest BCUT2D eigenvalue weighted by Crippen LogP contribution is -2.02. The molecule has 0 bridgehead atoms. The number of fused-ring (bicyclic) bond motifs is 1. The van der Waals surface area contributed by atoms with Gasteiger partial charge in [-0.2, -0.15) is 0 Å². The first-order chi connectivity index (χ1) is 8.81. The number of imidazole rings is 1. The Kier molecular flexibility index (Phi) is 2.57. The molecule has 90 valence electrons. The number of nitrogens with zero attached hydrogens (tertiary/aromatic N) is 2. The lowest BCUT2D eigenvalue weighted by molar-refractivity contribution is 1.02. The molecule has 0 fully saturated rings. The maximum absolute atomic E-state index is 5.72. The number of nitrogens with two attached hydrogens (primary N) is 1. The van der Waals surface area contributed by atoms with Crippen molar-refractivity contribution >= 4 is 22.7 Å². The molecule has 0 aliphatic heterocycles. The van der Waals surface area contributed by atoms with Gasteiger partial charge in [-0.3, -0.25) is 4.98 Å². The van der Waals surface area contributed by atoms with Gasteiger partial charge in [0, 0.05) is 11.9 Å². The highest BCUT2D eigenvalue weighted by Gasteiger charge is 2.02. The third kappa shape index (κ3) is 2.10. The van der Waals surface area contributed by atoms with Crippen LogP contribution in [0.2, 0.25) is 0 Å². The predicted octanol–water partition coefficient (Wildman–Crippen LogP) is 2.15. The molecule has 5 nitrogen and oxygen atoms in total. The van der Waals surface area contributed by atoms with Crippen molar-refractivity contribution < 1.29 is 0 Å². The Hall–Kier alpha value is -2.56. The SMILES string of the molecule is Nc1ccc2nc(NCc3ccccn3)[nH]c2c1. The van der Waals surface area contributed by atoms with Crippen molar-refractivity contribution in [2.24, 2.45) is 0 Å². The number of aromatic amines is 1. The van der Waals surface area contributed by atoms with Gasteiger partial charge in [-0.1, -0.05) is 6.07 Å². The van der Waals surface area contributed by atoms with E-state index in [0.717, 1.165) is 28.4 Å². The molecule has 3 rings (SSSR count). The fourth-order valence-electron chi connectivity index (χ4n) is 1.79. The van der Waals surface area contributed by atoms with Gasteiger partial charge in [0.2, 0.25) is 5.95 Å². The topological polar surface area (TPSA) is 79.6 Å². The van der Waals surface area contributed by atoms with Crippen molar-refractivity contribution in [1.82, 2.24) is 15.0 Å². The van der Waals surface area contributed by atoms with E-state index in [4.69, 9.17) is 5.73 Å². The summed E-state index contributed by atoms with van der Waals surface area (Å²) in [5.41, 5.74) is 9.24. The Morgan fingerprint density at radius 2 is 2.17 bits per heavy atom. The molecule has 2 heterocycles. The molecule has 3 aromatic rings. The van der Waals surface area contributed by atoms with Crippen molar-refractivity contribution in [1.29, 1.82) is 0 Å². The van der Waals surface area contributed by atoms with Gasteiger partial charge in [0.1, 0.15) is 0 Å². The molecule has 5 heteroatoms. The standard InChI is InChI=1S/C13H13N5/c14-9-4-5-11-12(7-9)18-13(17-11)16-8-10-3-1-2-6-15-10/h1-7H,8,14H2,(H2,16,17,18). The molecule has 0 aliphatic rings. The van der Waals surface area contributed by atoms with E-state index in [2.05, 4.69) is 20.3 Å². The molecule has 0 saturated heterocycles. The maximum atomic E-state index is 5.72. The average Bonchev–Trinajstić information content (AvgIpc) is 2.79. The third-order valence-corrected chi connectivity index (χ3v) is 2.67. The van der Waals surface area contributed by atoms with Gasteiger partial charge >= 0.3 is 0 Å². The molecule has 0 unspecified atom stereocenters. The smallest absolute Gasteiger partial charge is 0.201 e. The number of hydrogen-bond donors (Lipinski definition) is 3. The molecule has 0 radical (unpaired) electrons. The highest BCUT2D eigenvalue weighted by molar-refractivity contribution is 5.80. The summed E-state index contributed by atoms with van der Waals surface area (Å²) in [4.78, 5) is 11.8. The molecule has 1 aromatic carbocycles. The van der Waals surface area contributed by atoms with Gasteiger partial charge in [0.15, 0.2) is 0 Å². The first kappa shape index (κ1) is 10.6. The normalized spacial score (nSPS) is 10.7. The van der Waals surface area contributed by atoms with Crippen molar-refractivity contribution in [2.45, 2.75) is 6.54 Å². The number of aromatic nitrogens is 3. The van der Waals surface area contributed by atoms with Crippen molar-refractivity contribution in [2.75, 3.05) is 11.1 Å². The zero-order valence-electron chi connectivity index (χ0n) is 9.72. The van der Waals surface area contributed by atoms with Gasteiger partial charge < -0.3 is 16.0 Å². The van der Waals surface area contributed by atoms with E-state index in [9.17, 15) is 0 Å². The number of nitrogens with one attached hydrogen (secondary N) is 2. The molecule has 0 aliphatic carbocycles. The number of H-pyrrole nitrogens is 1. The number of anilines is 2. The van der Waals surface area contributed by atoms with Crippen LogP contribution >= 0.6 is 0 Å². The summed E-state index contributed by atoms with van der Waals surface area (Å²) < 4.78 is 0. The Balaban J connectivity index is 1.79. The molecule has 0 amide bonds. The second-order valence-electron chi connectivity index (χ2n) is 4.04. The van der Waals surface area contributed by atoms with Crippen LogP contribution in [0.25, 0.3) is 11.0 Å². The number of rotatable bonds is 3. The minimum Gasteiger partial charge on any atom is -0.399 e. The Labute approximate surface area is 104 Å². The van der Waals surface area contributed by atoms with Crippen LogP contribution in [0, 0.1) is 0 Å². The Morgan fingerprint density at radius 1 is 1.22 bits per heavy atom. The third-order valence-electron chi connectivity index (χ3n) is 2.67. The van der Waals surface area contributed by atoms with E-state index in [0.29, 0.717) is 6.54 Å². The molecule has 4 N–H and O–H groups in total. The van der Waals surface area contributed by atoms with Gasteiger partial charge in [-0.15, -0.1) is 0 Å². The van der Waals surface area contributed by atoms with Crippen LogP contribution < -0.4 is 11.1 Å². The Morgan fingerprint density at radius 3 is 3.00 bits per heavy atom. The van der Waals surface area contributed by atoms with E-state index in [-0.39, 0.29) is 0 Å². The lowest BCUT2D eigenvalue weighted by Gasteiger charge is -2.00. The minimum absolute atomic E-state index is 0.635. The molecule has 18 heavy (non-hydrogen) atoms. The quantitative estimate of drug-likeness (QED) is 0.612. The first-order valence-corrected chi connectivity index (χ1v) is 5.70. The summed E-state index contributed by atoms with van der Waals surface area (Å²) in [5, 5.41) is 3.20.